The number of aromatic nitrogens is 1. The van der Waals surface area contributed by atoms with E-state index >= 15 is 0 Å². The van der Waals surface area contributed by atoms with Crippen LogP contribution in [0.5, 0.6) is 5.75 Å². The maximum Gasteiger partial charge on any atom is 0.253 e. The zero-order valence-electron chi connectivity index (χ0n) is 16.4. The van der Waals surface area contributed by atoms with E-state index in [1.54, 1.807) is 12.1 Å². The van der Waals surface area contributed by atoms with Crippen molar-refractivity contribution in [3.8, 4) is 5.75 Å². The van der Waals surface area contributed by atoms with Crippen molar-refractivity contribution in [2.24, 2.45) is 0 Å². The van der Waals surface area contributed by atoms with E-state index in [-0.39, 0.29) is 24.1 Å². The average molecular weight is 401 g/mol. The number of amides is 1. The third-order valence-corrected chi connectivity index (χ3v) is 4.86. The number of pyridine rings is 1. The highest BCUT2D eigenvalue weighted by atomic mass is 35.5. The van der Waals surface area contributed by atoms with E-state index in [0.29, 0.717) is 28.3 Å². The Morgan fingerprint density at radius 3 is 2.64 bits per heavy atom. The third kappa shape index (κ3) is 4.65. The second-order valence-electron chi connectivity index (χ2n) is 7.28. The summed E-state index contributed by atoms with van der Waals surface area (Å²) in [6, 6.07) is 5.37. The molecule has 0 aliphatic carbocycles. The number of allylic oxidation sites excluding steroid dienone is 2. The third-order valence-electron chi connectivity index (χ3n) is 4.64. The number of hydrogen-bond donors (Lipinski definition) is 2. The molecule has 0 saturated carbocycles. The van der Waals surface area contributed by atoms with Crippen LogP contribution in [0.3, 0.4) is 0 Å². The Morgan fingerprint density at radius 2 is 1.89 bits per heavy atom. The lowest BCUT2D eigenvalue weighted by molar-refractivity contribution is 0.0949. The number of hydrogen-bond acceptors (Lipinski definition) is 3. The van der Waals surface area contributed by atoms with Gasteiger partial charge in [-0.3, -0.25) is 9.59 Å². The predicted octanol–water partition coefficient (Wildman–Crippen LogP) is 4.10. The molecule has 0 radical (unpaired) electrons. The number of carbonyl (C=O) groups excluding carboxylic acids is 1. The molecule has 0 spiro atoms. The van der Waals surface area contributed by atoms with Crippen molar-refractivity contribution >= 4 is 17.5 Å². The molecule has 5 nitrogen and oxygen atoms in total. The monoisotopic (exact) mass is 400 g/mol. The van der Waals surface area contributed by atoms with E-state index in [2.05, 4.69) is 16.4 Å². The van der Waals surface area contributed by atoms with E-state index in [1.807, 2.05) is 32.9 Å². The first kappa shape index (κ1) is 20.2. The molecule has 6 heteroatoms. The molecule has 148 valence electrons. The lowest BCUT2D eigenvalue weighted by Gasteiger charge is -2.18. The van der Waals surface area contributed by atoms with E-state index in [9.17, 15) is 9.59 Å². The second-order valence-corrected chi connectivity index (χ2v) is 7.72. The second kappa shape index (κ2) is 8.65. The van der Waals surface area contributed by atoms with Gasteiger partial charge in [-0.2, -0.15) is 0 Å². The van der Waals surface area contributed by atoms with Gasteiger partial charge in [-0.05, 0) is 63.8 Å². The molecule has 1 aromatic heterocycles. The summed E-state index contributed by atoms with van der Waals surface area (Å²) in [4.78, 5) is 28.2. The molecule has 0 bridgehead atoms. The van der Waals surface area contributed by atoms with Gasteiger partial charge in [0.15, 0.2) is 0 Å². The molecule has 0 atom stereocenters. The van der Waals surface area contributed by atoms with Crippen molar-refractivity contribution in [2.75, 3.05) is 0 Å². The van der Waals surface area contributed by atoms with Gasteiger partial charge in [-0.15, -0.1) is 0 Å². The standard InChI is InChI=1S/C22H25ClN2O3/c1-13(2)28-20-11-16(23)10-18-17(20)8-6-4-5-7-15-9-14(3)25-22(27)19(15)12-24-21(18)26/h4,6,9-11,13H,5,7-8,12H2,1-3H3,(H,24,26)(H,25,27). The van der Waals surface area contributed by atoms with Crippen molar-refractivity contribution in [1.29, 1.82) is 0 Å². The first-order valence-electron chi connectivity index (χ1n) is 9.49. The topological polar surface area (TPSA) is 71.2 Å². The zero-order chi connectivity index (χ0) is 20.3. The van der Waals surface area contributed by atoms with E-state index in [0.717, 1.165) is 29.7 Å². The van der Waals surface area contributed by atoms with Crippen molar-refractivity contribution in [3.05, 3.63) is 73.7 Å². The van der Waals surface area contributed by atoms with Crippen LogP contribution in [0.15, 0.2) is 35.1 Å². The molecule has 1 aliphatic rings. The Morgan fingerprint density at radius 1 is 1.11 bits per heavy atom. The number of rotatable bonds is 2. The summed E-state index contributed by atoms with van der Waals surface area (Å²) in [5, 5.41) is 3.32. The Labute approximate surface area is 169 Å². The predicted molar refractivity (Wildman–Crippen MR) is 111 cm³/mol. The highest BCUT2D eigenvalue weighted by Crippen LogP contribution is 2.30. The maximum absolute atomic E-state index is 12.9. The van der Waals surface area contributed by atoms with Crippen LogP contribution in [-0.2, 0) is 19.4 Å². The van der Waals surface area contributed by atoms with Crippen LogP contribution >= 0.6 is 11.6 Å². The quantitative estimate of drug-likeness (QED) is 0.745. The number of nitrogens with one attached hydrogen (secondary N) is 2. The number of carbonyl (C=O) groups is 1. The molecule has 0 fully saturated rings. The Kier molecular flexibility index (Phi) is 6.25. The van der Waals surface area contributed by atoms with Crippen molar-refractivity contribution in [1.82, 2.24) is 10.3 Å². The van der Waals surface area contributed by atoms with Crippen LogP contribution < -0.4 is 15.6 Å². The van der Waals surface area contributed by atoms with Gasteiger partial charge in [-0.1, -0.05) is 23.8 Å². The molecule has 0 saturated heterocycles. The van der Waals surface area contributed by atoms with Crippen LogP contribution in [0.2, 0.25) is 5.02 Å². The number of fused-ring (bicyclic) bond motifs is 2. The fourth-order valence-electron chi connectivity index (χ4n) is 3.41. The molecule has 3 rings (SSSR count). The SMILES string of the molecule is Cc1cc2c(c(=O)[nH]1)CNC(=O)c1cc(Cl)cc(OC(C)C)c1CC=CCC2. The Hall–Kier alpha value is -2.53. The number of halogens is 1. The van der Waals surface area contributed by atoms with Crippen LogP contribution in [0, 0.1) is 6.92 Å². The first-order valence-corrected chi connectivity index (χ1v) is 9.87. The highest BCUT2D eigenvalue weighted by molar-refractivity contribution is 6.31. The largest absolute Gasteiger partial charge is 0.491 e. The summed E-state index contributed by atoms with van der Waals surface area (Å²) >= 11 is 6.25. The number of aryl methyl sites for hydroxylation is 2. The fourth-order valence-corrected chi connectivity index (χ4v) is 3.62. The molecule has 1 aliphatic heterocycles. The summed E-state index contributed by atoms with van der Waals surface area (Å²) in [7, 11) is 0. The summed E-state index contributed by atoms with van der Waals surface area (Å²) in [5.74, 6) is 0.342. The Bertz CT molecular complexity index is 976. The smallest absolute Gasteiger partial charge is 0.253 e. The molecule has 2 N–H and O–H groups in total. The number of benzene rings is 1. The van der Waals surface area contributed by atoms with Crippen LogP contribution in [0.4, 0.5) is 0 Å². The normalized spacial score (nSPS) is 14.5. The van der Waals surface area contributed by atoms with E-state index in [1.165, 1.54) is 0 Å². The fraction of sp³-hybridized carbons (Fsp3) is 0.364. The highest BCUT2D eigenvalue weighted by Gasteiger charge is 2.19. The van der Waals surface area contributed by atoms with E-state index < -0.39 is 0 Å². The van der Waals surface area contributed by atoms with Gasteiger partial charge in [0.25, 0.3) is 11.5 Å². The molecular formula is C22H25ClN2O3. The minimum atomic E-state index is -0.272. The number of H-pyrrole nitrogens is 1. The lowest BCUT2D eigenvalue weighted by atomic mass is 9.99. The zero-order valence-corrected chi connectivity index (χ0v) is 17.2. The minimum Gasteiger partial charge on any atom is -0.491 e. The molecule has 2 aromatic rings. The van der Waals surface area contributed by atoms with E-state index in [4.69, 9.17) is 16.3 Å². The summed E-state index contributed by atoms with van der Waals surface area (Å²) < 4.78 is 5.90. The number of ether oxygens (including phenoxy) is 1. The molecular weight excluding hydrogens is 376 g/mol. The molecule has 2 heterocycles. The summed E-state index contributed by atoms with van der Waals surface area (Å²) in [5.41, 5.74) is 3.48. The minimum absolute atomic E-state index is 0.0373. The van der Waals surface area contributed by atoms with Crippen molar-refractivity contribution in [3.63, 3.8) is 0 Å². The van der Waals surface area contributed by atoms with Crippen LogP contribution in [0.25, 0.3) is 0 Å². The van der Waals surface area contributed by atoms with Crippen molar-refractivity contribution in [2.45, 2.75) is 52.7 Å². The van der Waals surface area contributed by atoms with Gasteiger partial charge in [0, 0.05) is 34.0 Å². The summed E-state index contributed by atoms with van der Waals surface area (Å²) in [6.07, 6.45) is 6.21. The van der Waals surface area contributed by atoms with Gasteiger partial charge in [0.2, 0.25) is 0 Å². The Balaban J connectivity index is 2.04. The molecule has 0 unspecified atom stereocenters. The van der Waals surface area contributed by atoms with Crippen LogP contribution in [-0.4, -0.2) is 17.0 Å². The lowest BCUT2D eigenvalue weighted by Crippen LogP contribution is -2.29. The van der Waals surface area contributed by atoms with Gasteiger partial charge < -0.3 is 15.0 Å². The van der Waals surface area contributed by atoms with Gasteiger partial charge in [-0.25, -0.2) is 0 Å². The van der Waals surface area contributed by atoms with Crippen LogP contribution in [0.1, 0.15) is 53.0 Å². The average Bonchev–Trinajstić information content (AvgIpc) is 2.59. The van der Waals surface area contributed by atoms with Crippen molar-refractivity contribution < 1.29 is 9.53 Å². The molecule has 1 amide bonds. The van der Waals surface area contributed by atoms with Gasteiger partial charge >= 0.3 is 0 Å². The van der Waals surface area contributed by atoms with Gasteiger partial charge in [0.1, 0.15) is 5.75 Å². The first-order chi connectivity index (χ1) is 13.3. The number of aromatic amines is 1. The maximum atomic E-state index is 12.9. The van der Waals surface area contributed by atoms with Gasteiger partial charge in [0.05, 0.1) is 6.10 Å². The molecule has 28 heavy (non-hydrogen) atoms. The molecule has 1 aromatic carbocycles. The summed E-state index contributed by atoms with van der Waals surface area (Å²) in [6.45, 7) is 5.90.